The van der Waals surface area contributed by atoms with Crippen LogP contribution in [0.25, 0.3) is 0 Å². The van der Waals surface area contributed by atoms with Crippen LogP contribution in [0.15, 0.2) is 32.9 Å². The van der Waals surface area contributed by atoms with E-state index in [9.17, 15) is 4.79 Å². The molecule has 1 aromatic heterocycles. The van der Waals surface area contributed by atoms with E-state index in [0.717, 1.165) is 15.5 Å². The maximum Gasteiger partial charge on any atom is 0.178 e. The van der Waals surface area contributed by atoms with Crippen molar-refractivity contribution < 1.29 is 4.79 Å². The lowest BCUT2D eigenvalue weighted by Gasteiger charge is -2.00. The van der Waals surface area contributed by atoms with Crippen molar-refractivity contribution in [2.45, 2.75) is 9.24 Å². The van der Waals surface area contributed by atoms with Gasteiger partial charge in [0.1, 0.15) is 17.9 Å². The second-order valence-corrected chi connectivity index (χ2v) is 4.91. The third-order valence-corrected chi connectivity index (χ3v) is 3.65. The molecule has 0 spiro atoms. The highest BCUT2D eigenvalue weighted by molar-refractivity contribution is 8.01. The topological polar surface area (TPSA) is 66.6 Å². The van der Waals surface area contributed by atoms with Gasteiger partial charge in [0.05, 0.1) is 5.56 Å². The number of hydrogen-bond donors (Lipinski definition) is 0. The van der Waals surface area contributed by atoms with Crippen molar-refractivity contribution in [2.24, 2.45) is 0 Å². The van der Waals surface area contributed by atoms with Gasteiger partial charge in [-0.05, 0) is 12.1 Å². The SMILES string of the molecule is N#Cc1cc(C=O)ccc1Sc1nncs1. The molecule has 0 fully saturated rings. The van der Waals surface area contributed by atoms with Gasteiger partial charge in [-0.3, -0.25) is 4.79 Å². The smallest absolute Gasteiger partial charge is 0.178 e. The lowest BCUT2D eigenvalue weighted by atomic mass is 10.1. The molecule has 0 unspecified atom stereocenters. The first-order chi connectivity index (χ1) is 7.83. The van der Waals surface area contributed by atoms with Crippen molar-refractivity contribution in [3.63, 3.8) is 0 Å². The van der Waals surface area contributed by atoms with Crippen molar-refractivity contribution in [3.8, 4) is 6.07 Å². The summed E-state index contributed by atoms with van der Waals surface area (Å²) < 4.78 is 0.773. The molecule has 0 saturated carbocycles. The van der Waals surface area contributed by atoms with E-state index in [2.05, 4.69) is 16.3 Å². The molecule has 2 rings (SSSR count). The fourth-order valence-corrected chi connectivity index (χ4v) is 2.60. The Morgan fingerprint density at radius 2 is 2.38 bits per heavy atom. The zero-order chi connectivity index (χ0) is 11.4. The third kappa shape index (κ3) is 2.27. The van der Waals surface area contributed by atoms with Gasteiger partial charge in [0.25, 0.3) is 0 Å². The van der Waals surface area contributed by atoms with Gasteiger partial charge in [-0.2, -0.15) is 5.26 Å². The molecule has 0 amide bonds. The number of aromatic nitrogens is 2. The van der Waals surface area contributed by atoms with Crippen LogP contribution in [-0.2, 0) is 0 Å². The normalized spacial score (nSPS) is 9.69. The molecule has 6 heteroatoms. The first-order valence-corrected chi connectivity index (χ1v) is 5.96. The molecular formula is C10H5N3OS2. The lowest BCUT2D eigenvalue weighted by molar-refractivity contribution is 0.112. The van der Waals surface area contributed by atoms with Crippen LogP contribution in [0.3, 0.4) is 0 Å². The highest BCUT2D eigenvalue weighted by Gasteiger charge is 2.07. The van der Waals surface area contributed by atoms with Gasteiger partial charge in [-0.15, -0.1) is 10.2 Å². The van der Waals surface area contributed by atoms with Crippen molar-refractivity contribution in [1.82, 2.24) is 10.2 Å². The minimum Gasteiger partial charge on any atom is -0.298 e. The minimum absolute atomic E-state index is 0.477. The molecule has 0 N–H and O–H groups in total. The monoisotopic (exact) mass is 247 g/mol. The predicted octanol–water partition coefficient (Wildman–Crippen LogP) is 2.37. The molecule has 0 aliphatic carbocycles. The first kappa shape index (κ1) is 10.8. The Labute approximate surface area is 99.9 Å². The van der Waals surface area contributed by atoms with Gasteiger partial charge < -0.3 is 0 Å². The summed E-state index contributed by atoms with van der Waals surface area (Å²) in [6.45, 7) is 0. The van der Waals surface area contributed by atoms with E-state index in [1.54, 1.807) is 23.7 Å². The summed E-state index contributed by atoms with van der Waals surface area (Å²) in [4.78, 5) is 11.3. The highest BCUT2D eigenvalue weighted by Crippen LogP contribution is 2.31. The molecule has 2 aromatic rings. The van der Waals surface area contributed by atoms with Gasteiger partial charge in [0.2, 0.25) is 0 Å². The van der Waals surface area contributed by atoms with Crippen LogP contribution in [0.1, 0.15) is 15.9 Å². The van der Waals surface area contributed by atoms with E-state index in [1.807, 2.05) is 0 Å². The standard InChI is InChI=1S/C10H5N3OS2/c11-4-8-3-7(5-14)1-2-9(8)16-10-13-12-6-15-10/h1-3,5-6H. The fraction of sp³-hybridized carbons (Fsp3) is 0. The summed E-state index contributed by atoms with van der Waals surface area (Å²) in [5.41, 5.74) is 2.61. The number of nitriles is 1. The van der Waals surface area contributed by atoms with Crippen LogP contribution < -0.4 is 0 Å². The number of carbonyl (C=O) groups is 1. The summed E-state index contributed by atoms with van der Waals surface area (Å²) in [5.74, 6) is 0. The maximum atomic E-state index is 10.6. The van der Waals surface area contributed by atoms with Gasteiger partial charge in [0.15, 0.2) is 4.34 Å². The summed E-state index contributed by atoms with van der Waals surface area (Å²) in [6.07, 6.45) is 0.722. The van der Waals surface area contributed by atoms with E-state index in [0.29, 0.717) is 11.1 Å². The Balaban J connectivity index is 2.34. The van der Waals surface area contributed by atoms with Crippen molar-refractivity contribution in [3.05, 3.63) is 34.8 Å². The average Bonchev–Trinajstić information content (AvgIpc) is 2.82. The molecule has 78 valence electrons. The van der Waals surface area contributed by atoms with Crippen LogP contribution >= 0.6 is 23.1 Å². The van der Waals surface area contributed by atoms with Crippen LogP contribution in [0, 0.1) is 11.3 Å². The summed E-state index contributed by atoms with van der Waals surface area (Å²) in [7, 11) is 0. The molecule has 0 radical (unpaired) electrons. The van der Waals surface area contributed by atoms with E-state index >= 15 is 0 Å². The summed E-state index contributed by atoms with van der Waals surface area (Å²) in [6, 6.07) is 7.05. The Morgan fingerprint density at radius 1 is 1.50 bits per heavy atom. The van der Waals surface area contributed by atoms with Crippen LogP contribution in [0.4, 0.5) is 0 Å². The number of hydrogen-bond acceptors (Lipinski definition) is 6. The Bertz CT molecular complexity index is 546. The fourth-order valence-electron chi connectivity index (χ4n) is 1.10. The molecule has 0 bridgehead atoms. The maximum absolute atomic E-state index is 10.6. The number of aldehydes is 1. The second-order valence-electron chi connectivity index (χ2n) is 2.79. The Hall–Kier alpha value is -1.71. The van der Waals surface area contributed by atoms with E-state index in [4.69, 9.17) is 5.26 Å². The molecular weight excluding hydrogens is 242 g/mol. The van der Waals surface area contributed by atoms with Crippen LogP contribution in [0.5, 0.6) is 0 Å². The number of benzene rings is 1. The zero-order valence-corrected chi connectivity index (χ0v) is 9.59. The largest absolute Gasteiger partial charge is 0.298 e. The van der Waals surface area contributed by atoms with E-state index in [-0.39, 0.29) is 0 Å². The van der Waals surface area contributed by atoms with Gasteiger partial charge >= 0.3 is 0 Å². The zero-order valence-electron chi connectivity index (χ0n) is 7.95. The first-order valence-electron chi connectivity index (χ1n) is 4.27. The quantitative estimate of drug-likeness (QED) is 0.779. The Morgan fingerprint density at radius 3 is 3.00 bits per heavy atom. The molecule has 1 aromatic carbocycles. The van der Waals surface area contributed by atoms with E-state index < -0.39 is 0 Å². The van der Waals surface area contributed by atoms with Gasteiger partial charge in [-0.25, -0.2) is 0 Å². The highest BCUT2D eigenvalue weighted by atomic mass is 32.2. The number of nitrogens with zero attached hydrogens (tertiary/aromatic N) is 3. The molecule has 0 aliphatic rings. The van der Waals surface area contributed by atoms with Gasteiger partial charge in [0, 0.05) is 10.5 Å². The third-order valence-electron chi connectivity index (χ3n) is 1.80. The lowest BCUT2D eigenvalue weighted by Crippen LogP contribution is -1.86. The molecule has 1 heterocycles. The van der Waals surface area contributed by atoms with Gasteiger partial charge in [-0.1, -0.05) is 29.2 Å². The average molecular weight is 247 g/mol. The second kappa shape index (κ2) is 4.88. The molecule has 0 saturated heterocycles. The summed E-state index contributed by atoms with van der Waals surface area (Å²) in [5, 5.41) is 16.6. The van der Waals surface area contributed by atoms with E-state index in [1.165, 1.54) is 23.1 Å². The molecule has 0 aliphatic heterocycles. The van der Waals surface area contributed by atoms with Crippen LogP contribution in [-0.4, -0.2) is 16.5 Å². The number of rotatable bonds is 3. The predicted molar refractivity (Wildman–Crippen MR) is 60.6 cm³/mol. The van der Waals surface area contributed by atoms with Crippen molar-refractivity contribution >= 4 is 29.4 Å². The molecule has 0 atom stereocenters. The van der Waals surface area contributed by atoms with Crippen molar-refractivity contribution in [2.75, 3.05) is 0 Å². The molecule has 4 nitrogen and oxygen atoms in total. The number of carbonyl (C=O) groups excluding carboxylic acids is 1. The van der Waals surface area contributed by atoms with Crippen LogP contribution in [0.2, 0.25) is 0 Å². The minimum atomic E-state index is 0.477. The molecule has 16 heavy (non-hydrogen) atoms. The van der Waals surface area contributed by atoms with Crippen molar-refractivity contribution in [1.29, 1.82) is 5.26 Å². The summed E-state index contributed by atoms with van der Waals surface area (Å²) >= 11 is 2.78. The Kier molecular flexibility index (Phi) is 3.29.